The first kappa shape index (κ1) is 17.3. The number of amides is 2. The molecule has 2 rings (SSSR count). The van der Waals surface area contributed by atoms with Crippen molar-refractivity contribution in [1.29, 1.82) is 0 Å². The Morgan fingerprint density at radius 3 is 2.09 bits per heavy atom. The molecule has 1 saturated heterocycles. The van der Waals surface area contributed by atoms with Crippen LogP contribution in [0.4, 0.5) is 0 Å². The standard InChI is InChI=1S/C18H32N2O2/c1-13(2)12-19-17(21)15-4-6-16(7-5-15)18(22)20-10-8-14(3)9-11-20/h13-16H,4-12H2,1-3H3,(H,19,21). The summed E-state index contributed by atoms with van der Waals surface area (Å²) in [6.07, 6.45) is 5.77. The minimum absolute atomic E-state index is 0.115. The van der Waals surface area contributed by atoms with Crippen LogP contribution in [0.25, 0.3) is 0 Å². The van der Waals surface area contributed by atoms with Crippen LogP contribution in [0, 0.1) is 23.7 Å². The van der Waals surface area contributed by atoms with Gasteiger partial charge in [-0.2, -0.15) is 0 Å². The Morgan fingerprint density at radius 1 is 1.00 bits per heavy atom. The van der Waals surface area contributed by atoms with Crippen molar-refractivity contribution in [2.45, 2.75) is 59.3 Å². The lowest BCUT2D eigenvalue weighted by atomic mass is 9.80. The summed E-state index contributed by atoms with van der Waals surface area (Å²) in [6.45, 7) is 9.08. The number of rotatable bonds is 4. The quantitative estimate of drug-likeness (QED) is 0.868. The Kier molecular flexibility index (Phi) is 6.27. The third-order valence-electron chi connectivity index (χ3n) is 5.23. The molecule has 22 heavy (non-hydrogen) atoms. The first-order valence-corrected chi connectivity index (χ1v) is 9.04. The summed E-state index contributed by atoms with van der Waals surface area (Å²) in [5, 5.41) is 3.03. The lowest BCUT2D eigenvalue weighted by molar-refractivity contribution is -0.139. The molecule has 0 atom stereocenters. The minimum Gasteiger partial charge on any atom is -0.356 e. The second-order valence-corrected chi connectivity index (χ2v) is 7.70. The van der Waals surface area contributed by atoms with Gasteiger partial charge in [0.05, 0.1) is 0 Å². The van der Waals surface area contributed by atoms with Crippen LogP contribution in [-0.2, 0) is 9.59 Å². The van der Waals surface area contributed by atoms with Gasteiger partial charge in [-0.3, -0.25) is 9.59 Å². The van der Waals surface area contributed by atoms with Crippen molar-refractivity contribution in [2.75, 3.05) is 19.6 Å². The van der Waals surface area contributed by atoms with Gasteiger partial charge in [0.25, 0.3) is 0 Å². The molecule has 2 fully saturated rings. The predicted octanol–water partition coefficient (Wildman–Crippen LogP) is 2.82. The average molecular weight is 308 g/mol. The third kappa shape index (κ3) is 4.72. The van der Waals surface area contributed by atoms with Crippen molar-refractivity contribution in [3.05, 3.63) is 0 Å². The van der Waals surface area contributed by atoms with Gasteiger partial charge in [-0.25, -0.2) is 0 Å². The van der Waals surface area contributed by atoms with E-state index in [1.807, 2.05) is 0 Å². The zero-order valence-corrected chi connectivity index (χ0v) is 14.4. The molecule has 2 amide bonds. The normalized spacial score (nSPS) is 27.0. The second kappa shape index (κ2) is 7.98. The van der Waals surface area contributed by atoms with E-state index in [-0.39, 0.29) is 17.7 Å². The van der Waals surface area contributed by atoms with E-state index in [1.165, 1.54) is 0 Å². The maximum Gasteiger partial charge on any atom is 0.225 e. The second-order valence-electron chi connectivity index (χ2n) is 7.70. The van der Waals surface area contributed by atoms with Crippen LogP contribution in [0.15, 0.2) is 0 Å². The van der Waals surface area contributed by atoms with E-state index in [0.29, 0.717) is 11.8 Å². The van der Waals surface area contributed by atoms with E-state index in [2.05, 4.69) is 31.0 Å². The summed E-state index contributed by atoms with van der Waals surface area (Å²) < 4.78 is 0. The summed E-state index contributed by atoms with van der Waals surface area (Å²) >= 11 is 0. The Morgan fingerprint density at radius 2 is 1.55 bits per heavy atom. The minimum atomic E-state index is 0.115. The fraction of sp³-hybridized carbons (Fsp3) is 0.889. The van der Waals surface area contributed by atoms with Crippen LogP contribution in [0.3, 0.4) is 0 Å². The largest absolute Gasteiger partial charge is 0.356 e. The molecule has 0 aromatic heterocycles. The third-order valence-corrected chi connectivity index (χ3v) is 5.23. The highest BCUT2D eigenvalue weighted by molar-refractivity contribution is 5.81. The van der Waals surface area contributed by atoms with E-state index in [9.17, 15) is 9.59 Å². The van der Waals surface area contributed by atoms with Crippen molar-refractivity contribution < 1.29 is 9.59 Å². The number of nitrogens with zero attached hydrogens (tertiary/aromatic N) is 1. The van der Waals surface area contributed by atoms with Gasteiger partial charge in [0.15, 0.2) is 0 Å². The number of likely N-dealkylation sites (tertiary alicyclic amines) is 1. The SMILES string of the molecule is CC(C)CNC(=O)C1CCC(C(=O)N2CCC(C)CC2)CC1. The molecular weight excluding hydrogens is 276 g/mol. The van der Waals surface area contributed by atoms with Gasteiger partial charge >= 0.3 is 0 Å². The van der Waals surface area contributed by atoms with Crippen LogP contribution >= 0.6 is 0 Å². The van der Waals surface area contributed by atoms with Gasteiger partial charge in [-0.05, 0) is 50.4 Å². The molecule has 1 aliphatic heterocycles. The molecule has 0 radical (unpaired) electrons. The smallest absolute Gasteiger partial charge is 0.225 e. The van der Waals surface area contributed by atoms with Crippen molar-refractivity contribution in [3.63, 3.8) is 0 Å². The summed E-state index contributed by atoms with van der Waals surface area (Å²) in [6, 6.07) is 0. The molecule has 4 heteroatoms. The van der Waals surface area contributed by atoms with E-state index >= 15 is 0 Å². The predicted molar refractivity (Wildman–Crippen MR) is 88.3 cm³/mol. The lowest BCUT2D eigenvalue weighted by Gasteiger charge is -2.35. The summed E-state index contributed by atoms with van der Waals surface area (Å²) in [4.78, 5) is 26.7. The zero-order chi connectivity index (χ0) is 16.1. The molecule has 0 spiro atoms. The zero-order valence-electron chi connectivity index (χ0n) is 14.4. The maximum absolute atomic E-state index is 12.6. The van der Waals surface area contributed by atoms with Crippen molar-refractivity contribution >= 4 is 11.8 Å². The van der Waals surface area contributed by atoms with Crippen LogP contribution in [0.1, 0.15) is 59.3 Å². The Balaban J connectivity index is 1.74. The van der Waals surface area contributed by atoms with Crippen molar-refractivity contribution in [2.24, 2.45) is 23.7 Å². The molecule has 1 saturated carbocycles. The highest BCUT2D eigenvalue weighted by Gasteiger charge is 2.32. The fourth-order valence-corrected chi connectivity index (χ4v) is 3.54. The lowest BCUT2D eigenvalue weighted by Crippen LogP contribution is -2.43. The summed E-state index contributed by atoms with van der Waals surface area (Å²) in [5.41, 5.74) is 0. The highest BCUT2D eigenvalue weighted by atomic mass is 16.2. The van der Waals surface area contributed by atoms with Crippen LogP contribution in [0.2, 0.25) is 0 Å². The van der Waals surface area contributed by atoms with E-state index < -0.39 is 0 Å². The molecule has 1 heterocycles. The first-order chi connectivity index (χ1) is 10.5. The first-order valence-electron chi connectivity index (χ1n) is 9.04. The topological polar surface area (TPSA) is 49.4 Å². The van der Waals surface area contributed by atoms with Crippen LogP contribution < -0.4 is 5.32 Å². The van der Waals surface area contributed by atoms with Gasteiger partial charge in [0.2, 0.25) is 11.8 Å². The van der Waals surface area contributed by atoms with Gasteiger partial charge < -0.3 is 10.2 Å². The van der Waals surface area contributed by atoms with E-state index in [0.717, 1.165) is 64.1 Å². The number of nitrogens with one attached hydrogen (secondary N) is 1. The number of carbonyl (C=O) groups excluding carboxylic acids is 2. The molecule has 1 aliphatic carbocycles. The van der Waals surface area contributed by atoms with Gasteiger partial charge in [0, 0.05) is 31.5 Å². The number of hydrogen-bond donors (Lipinski definition) is 1. The van der Waals surface area contributed by atoms with Gasteiger partial charge in [0.1, 0.15) is 0 Å². The van der Waals surface area contributed by atoms with Crippen molar-refractivity contribution in [3.8, 4) is 0 Å². The highest BCUT2D eigenvalue weighted by Crippen LogP contribution is 2.31. The molecule has 1 N–H and O–H groups in total. The molecular formula is C18H32N2O2. The maximum atomic E-state index is 12.6. The number of hydrogen-bond acceptors (Lipinski definition) is 2. The van der Waals surface area contributed by atoms with E-state index in [1.54, 1.807) is 0 Å². The van der Waals surface area contributed by atoms with Gasteiger partial charge in [-0.1, -0.05) is 20.8 Å². The molecule has 126 valence electrons. The fourth-order valence-electron chi connectivity index (χ4n) is 3.54. The Labute approximate surface area is 135 Å². The average Bonchev–Trinajstić information content (AvgIpc) is 2.53. The van der Waals surface area contributed by atoms with Gasteiger partial charge in [-0.15, -0.1) is 0 Å². The van der Waals surface area contributed by atoms with Crippen LogP contribution in [0.5, 0.6) is 0 Å². The van der Waals surface area contributed by atoms with Crippen molar-refractivity contribution in [1.82, 2.24) is 10.2 Å². The molecule has 0 unspecified atom stereocenters. The molecule has 2 aliphatic rings. The van der Waals surface area contributed by atoms with E-state index in [4.69, 9.17) is 0 Å². The number of piperidine rings is 1. The molecule has 4 nitrogen and oxygen atoms in total. The molecule has 0 aromatic carbocycles. The summed E-state index contributed by atoms with van der Waals surface area (Å²) in [7, 11) is 0. The molecule has 0 aromatic rings. The molecule has 0 bridgehead atoms. The van der Waals surface area contributed by atoms with Crippen LogP contribution in [-0.4, -0.2) is 36.3 Å². The number of carbonyl (C=O) groups is 2. The summed E-state index contributed by atoms with van der Waals surface area (Å²) in [5.74, 6) is 2.04. The Hall–Kier alpha value is -1.06. The Bertz CT molecular complexity index is 379. The monoisotopic (exact) mass is 308 g/mol.